The van der Waals surface area contributed by atoms with E-state index in [2.05, 4.69) is 15.2 Å². The summed E-state index contributed by atoms with van der Waals surface area (Å²) in [5.41, 5.74) is 0.936. The number of aryl methyl sites for hydroxylation is 1. The maximum atomic E-state index is 5.23. The molecule has 0 fully saturated rings. The van der Waals surface area contributed by atoms with Crippen LogP contribution in [0.2, 0.25) is 0 Å². The van der Waals surface area contributed by atoms with Gasteiger partial charge >= 0.3 is 0 Å². The molecule has 2 aromatic heterocycles. The van der Waals surface area contributed by atoms with Gasteiger partial charge in [-0.2, -0.15) is 0 Å². The molecule has 0 aliphatic carbocycles. The van der Waals surface area contributed by atoms with Gasteiger partial charge in [-0.3, -0.25) is 4.98 Å². The molecule has 0 aliphatic rings. The Bertz CT molecular complexity index is 383. The molecule has 0 saturated heterocycles. The van der Waals surface area contributed by atoms with Crippen molar-refractivity contribution in [2.24, 2.45) is 0 Å². The molecule has 0 saturated carbocycles. The molecule has 0 atom stereocenters. The molecule has 4 heteroatoms. The van der Waals surface area contributed by atoms with Gasteiger partial charge in [0.1, 0.15) is 0 Å². The molecule has 2 aromatic rings. The van der Waals surface area contributed by atoms with Crippen molar-refractivity contribution < 1.29 is 4.42 Å². The third-order valence-corrected chi connectivity index (χ3v) is 1.63. The van der Waals surface area contributed by atoms with E-state index in [1.807, 2.05) is 18.2 Å². The van der Waals surface area contributed by atoms with Crippen LogP contribution in [0.3, 0.4) is 0 Å². The Kier molecular flexibility index (Phi) is 2.04. The number of nitrogens with zero attached hydrogens (tertiary/aromatic N) is 3. The van der Waals surface area contributed by atoms with Gasteiger partial charge < -0.3 is 4.42 Å². The molecule has 4 nitrogen and oxygen atoms in total. The molecule has 0 amide bonds. The van der Waals surface area contributed by atoms with Crippen LogP contribution in [0.5, 0.6) is 0 Å². The van der Waals surface area contributed by atoms with E-state index in [4.69, 9.17) is 4.42 Å². The largest absolute Gasteiger partial charge is 0.425 e. The van der Waals surface area contributed by atoms with E-state index in [1.165, 1.54) is 0 Å². The van der Waals surface area contributed by atoms with Crippen LogP contribution in [0.1, 0.15) is 17.5 Å². The molecule has 0 radical (unpaired) electrons. The van der Waals surface area contributed by atoms with Gasteiger partial charge in [0.15, 0.2) is 0 Å². The van der Waals surface area contributed by atoms with E-state index < -0.39 is 0 Å². The van der Waals surface area contributed by atoms with E-state index in [9.17, 15) is 0 Å². The predicted molar refractivity (Wildman–Crippen MR) is 46.1 cm³/mol. The fourth-order valence-electron chi connectivity index (χ4n) is 1.07. The second-order valence-corrected chi connectivity index (χ2v) is 2.71. The predicted octanol–water partition coefficient (Wildman–Crippen LogP) is 1.36. The molecular formula is C9H9N3O. The number of pyridine rings is 1. The van der Waals surface area contributed by atoms with E-state index in [1.54, 1.807) is 13.1 Å². The second kappa shape index (κ2) is 3.35. The molecule has 0 aromatic carbocycles. The molecule has 13 heavy (non-hydrogen) atoms. The quantitative estimate of drug-likeness (QED) is 0.691. The highest BCUT2D eigenvalue weighted by Crippen LogP contribution is 2.04. The minimum atomic E-state index is 0.589. The van der Waals surface area contributed by atoms with Crippen molar-refractivity contribution in [1.82, 2.24) is 15.2 Å². The Hall–Kier alpha value is -1.71. The average Bonchev–Trinajstić information content (AvgIpc) is 2.53. The average molecular weight is 175 g/mol. The highest BCUT2D eigenvalue weighted by molar-refractivity contribution is 5.07. The van der Waals surface area contributed by atoms with Crippen LogP contribution in [-0.4, -0.2) is 15.2 Å². The number of rotatable bonds is 2. The van der Waals surface area contributed by atoms with E-state index in [0.717, 1.165) is 5.69 Å². The van der Waals surface area contributed by atoms with Gasteiger partial charge in [0, 0.05) is 18.8 Å². The van der Waals surface area contributed by atoms with Gasteiger partial charge in [0.05, 0.1) is 6.42 Å². The first kappa shape index (κ1) is 7.91. The molecule has 0 unspecified atom stereocenters. The first-order valence-corrected chi connectivity index (χ1v) is 4.03. The topological polar surface area (TPSA) is 51.8 Å². The van der Waals surface area contributed by atoms with Gasteiger partial charge in [-0.15, -0.1) is 10.2 Å². The van der Waals surface area contributed by atoms with Crippen molar-refractivity contribution in [3.05, 3.63) is 41.9 Å². The van der Waals surface area contributed by atoms with Crippen molar-refractivity contribution >= 4 is 0 Å². The summed E-state index contributed by atoms with van der Waals surface area (Å²) in [7, 11) is 0. The van der Waals surface area contributed by atoms with Crippen LogP contribution in [0, 0.1) is 6.92 Å². The third kappa shape index (κ3) is 1.90. The van der Waals surface area contributed by atoms with E-state index in [-0.39, 0.29) is 0 Å². The standard InChI is InChI=1S/C9H9N3O/c1-7-11-12-9(13-7)6-8-4-2-3-5-10-8/h2-5H,6H2,1H3. The van der Waals surface area contributed by atoms with Crippen LogP contribution < -0.4 is 0 Å². The monoisotopic (exact) mass is 175 g/mol. The maximum Gasteiger partial charge on any atom is 0.222 e. The first-order chi connectivity index (χ1) is 6.34. The number of hydrogen-bond donors (Lipinski definition) is 0. The zero-order chi connectivity index (χ0) is 9.10. The summed E-state index contributed by atoms with van der Waals surface area (Å²) in [6, 6.07) is 5.74. The SMILES string of the molecule is Cc1nnc(Cc2ccccn2)o1. The molecule has 0 N–H and O–H groups in total. The Balaban J connectivity index is 2.15. The fraction of sp³-hybridized carbons (Fsp3) is 0.222. The van der Waals surface area contributed by atoms with Gasteiger partial charge in [-0.1, -0.05) is 6.07 Å². The molecule has 66 valence electrons. The van der Waals surface area contributed by atoms with Crippen LogP contribution in [0.15, 0.2) is 28.8 Å². The Morgan fingerprint density at radius 3 is 2.85 bits per heavy atom. The third-order valence-electron chi connectivity index (χ3n) is 1.63. The molecule has 0 bridgehead atoms. The van der Waals surface area contributed by atoms with Gasteiger partial charge in [0.2, 0.25) is 11.8 Å². The normalized spacial score (nSPS) is 10.2. The summed E-state index contributed by atoms with van der Waals surface area (Å²) in [6.07, 6.45) is 2.35. The minimum absolute atomic E-state index is 0.589. The lowest BCUT2D eigenvalue weighted by Gasteiger charge is -1.93. The van der Waals surface area contributed by atoms with Crippen LogP contribution >= 0.6 is 0 Å². The minimum Gasteiger partial charge on any atom is -0.425 e. The van der Waals surface area contributed by atoms with E-state index in [0.29, 0.717) is 18.2 Å². The zero-order valence-electron chi connectivity index (χ0n) is 7.27. The van der Waals surface area contributed by atoms with Crippen molar-refractivity contribution in [3.8, 4) is 0 Å². The van der Waals surface area contributed by atoms with Gasteiger partial charge in [-0.25, -0.2) is 0 Å². The number of hydrogen-bond acceptors (Lipinski definition) is 4. The van der Waals surface area contributed by atoms with Crippen LogP contribution in [-0.2, 0) is 6.42 Å². The molecular weight excluding hydrogens is 166 g/mol. The van der Waals surface area contributed by atoms with Crippen molar-refractivity contribution in [2.75, 3.05) is 0 Å². The fourth-order valence-corrected chi connectivity index (χ4v) is 1.07. The summed E-state index contributed by atoms with van der Waals surface area (Å²) < 4.78 is 5.23. The first-order valence-electron chi connectivity index (χ1n) is 4.03. The van der Waals surface area contributed by atoms with Gasteiger partial charge in [0.25, 0.3) is 0 Å². The Morgan fingerprint density at radius 2 is 2.23 bits per heavy atom. The van der Waals surface area contributed by atoms with Crippen molar-refractivity contribution in [3.63, 3.8) is 0 Å². The van der Waals surface area contributed by atoms with Crippen LogP contribution in [0.4, 0.5) is 0 Å². The van der Waals surface area contributed by atoms with Crippen LogP contribution in [0.25, 0.3) is 0 Å². The smallest absolute Gasteiger partial charge is 0.222 e. The molecule has 0 aliphatic heterocycles. The highest BCUT2D eigenvalue weighted by Gasteiger charge is 2.03. The summed E-state index contributed by atoms with van der Waals surface area (Å²) in [5.74, 6) is 1.20. The Labute approximate surface area is 75.6 Å². The Morgan fingerprint density at radius 1 is 1.31 bits per heavy atom. The molecule has 2 heterocycles. The lowest BCUT2D eigenvalue weighted by molar-refractivity contribution is 0.476. The van der Waals surface area contributed by atoms with Crippen molar-refractivity contribution in [2.45, 2.75) is 13.3 Å². The summed E-state index contributed by atoms with van der Waals surface area (Å²) in [4.78, 5) is 4.16. The lowest BCUT2D eigenvalue weighted by Crippen LogP contribution is -1.90. The second-order valence-electron chi connectivity index (χ2n) is 2.71. The summed E-state index contributed by atoms with van der Waals surface area (Å²) in [5, 5.41) is 7.62. The van der Waals surface area contributed by atoms with Crippen molar-refractivity contribution in [1.29, 1.82) is 0 Å². The molecule has 0 spiro atoms. The lowest BCUT2D eigenvalue weighted by atomic mass is 10.3. The summed E-state index contributed by atoms with van der Waals surface area (Å²) in [6.45, 7) is 1.77. The highest BCUT2D eigenvalue weighted by atomic mass is 16.4. The van der Waals surface area contributed by atoms with Gasteiger partial charge in [-0.05, 0) is 12.1 Å². The summed E-state index contributed by atoms with van der Waals surface area (Å²) >= 11 is 0. The number of aromatic nitrogens is 3. The zero-order valence-corrected chi connectivity index (χ0v) is 7.27. The molecule has 2 rings (SSSR count). The maximum absolute atomic E-state index is 5.23. The van der Waals surface area contributed by atoms with E-state index >= 15 is 0 Å².